The number of nitrogens with one attached hydrogen (secondary N) is 2. The van der Waals surface area contributed by atoms with Crippen molar-refractivity contribution in [3.8, 4) is 6.01 Å². The molecule has 2 heterocycles. The minimum Gasteiger partial charge on any atom is -0.458 e. The Morgan fingerprint density at radius 3 is 2.77 bits per heavy atom. The Labute approximate surface area is 174 Å². The number of aliphatic hydroxyl groups is 2. The van der Waals surface area contributed by atoms with Crippen molar-refractivity contribution in [3.05, 3.63) is 50.9 Å². The van der Waals surface area contributed by atoms with Crippen LogP contribution in [0.2, 0.25) is 5.02 Å². The molecule has 1 aromatic carbocycles. The first-order valence-corrected chi connectivity index (χ1v) is 9.21. The number of anilines is 1. The van der Waals surface area contributed by atoms with Crippen molar-refractivity contribution in [2.45, 2.75) is 25.7 Å². The quantitative estimate of drug-likeness (QED) is 0.331. The Kier molecular flexibility index (Phi) is 6.45. The maximum atomic E-state index is 12.1. The zero-order valence-electron chi connectivity index (χ0n) is 15.8. The third kappa shape index (κ3) is 4.82. The smallest absolute Gasteiger partial charge is 0.320 e. The minimum atomic E-state index is -1.03. The van der Waals surface area contributed by atoms with E-state index in [-0.39, 0.29) is 29.6 Å². The number of primary amides is 1. The maximum Gasteiger partial charge on any atom is 0.320 e. The molecule has 2 aromatic heterocycles. The van der Waals surface area contributed by atoms with Crippen LogP contribution in [0.5, 0.6) is 6.01 Å². The van der Waals surface area contributed by atoms with Crippen molar-refractivity contribution in [3.63, 3.8) is 0 Å². The number of aromatic amines is 1. The van der Waals surface area contributed by atoms with E-state index in [1.165, 1.54) is 6.92 Å². The van der Waals surface area contributed by atoms with E-state index in [1.807, 2.05) is 0 Å². The predicted molar refractivity (Wildman–Crippen MR) is 108 cm³/mol. The zero-order chi connectivity index (χ0) is 21.8. The molecule has 12 heteroatoms. The normalized spacial score (nSPS) is 13.1. The number of halogens is 1. The molecule has 11 nitrogen and oxygen atoms in total. The number of nitrogens with two attached hydrogens (primary N) is 1. The van der Waals surface area contributed by atoms with Crippen molar-refractivity contribution in [1.29, 1.82) is 0 Å². The largest absolute Gasteiger partial charge is 0.458 e. The molecule has 0 saturated carbocycles. The van der Waals surface area contributed by atoms with E-state index < -0.39 is 35.9 Å². The average Bonchev–Trinajstić information content (AvgIpc) is 2.69. The number of hydrogen-bond acceptors (Lipinski definition) is 9. The van der Waals surface area contributed by atoms with Gasteiger partial charge in [-0.15, -0.1) is 0 Å². The van der Waals surface area contributed by atoms with Crippen LogP contribution in [0.25, 0.3) is 11.2 Å². The van der Waals surface area contributed by atoms with Crippen molar-refractivity contribution in [2.24, 2.45) is 5.73 Å². The Morgan fingerprint density at radius 1 is 1.37 bits per heavy atom. The lowest BCUT2D eigenvalue weighted by atomic mass is 10.2. The van der Waals surface area contributed by atoms with Gasteiger partial charge in [-0.05, 0) is 24.6 Å². The second kappa shape index (κ2) is 9.03. The molecule has 0 aliphatic carbocycles. The van der Waals surface area contributed by atoms with E-state index in [0.717, 1.165) is 5.56 Å². The van der Waals surface area contributed by atoms with Crippen molar-refractivity contribution in [1.82, 2.24) is 19.9 Å². The fourth-order valence-corrected chi connectivity index (χ4v) is 2.77. The summed E-state index contributed by atoms with van der Waals surface area (Å²) in [6.07, 6.45) is -0.950. The third-order valence-corrected chi connectivity index (χ3v) is 4.36. The Hall–Kier alpha value is -3.28. The summed E-state index contributed by atoms with van der Waals surface area (Å²) in [4.78, 5) is 38.2. The van der Waals surface area contributed by atoms with Crippen LogP contribution >= 0.6 is 11.6 Å². The van der Waals surface area contributed by atoms with Gasteiger partial charge in [0.2, 0.25) is 0 Å². The highest BCUT2D eigenvalue weighted by Crippen LogP contribution is 2.21. The van der Waals surface area contributed by atoms with Gasteiger partial charge in [0.1, 0.15) is 12.1 Å². The molecule has 0 aliphatic rings. The van der Waals surface area contributed by atoms with Gasteiger partial charge in [-0.3, -0.25) is 9.59 Å². The minimum absolute atomic E-state index is 0.0117. The van der Waals surface area contributed by atoms with Crippen LogP contribution in [-0.2, 0) is 6.61 Å². The molecular formula is C18H19ClN6O5. The van der Waals surface area contributed by atoms with Crippen molar-refractivity contribution >= 4 is 34.5 Å². The molecule has 0 fully saturated rings. The van der Waals surface area contributed by atoms with Gasteiger partial charge in [-0.1, -0.05) is 23.7 Å². The maximum absolute atomic E-state index is 12.1. The molecule has 0 spiro atoms. The number of benzene rings is 1. The van der Waals surface area contributed by atoms with Crippen LogP contribution in [0.3, 0.4) is 0 Å². The summed E-state index contributed by atoms with van der Waals surface area (Å²) in [7, 11) is 0. The van der Waals surface area contributed by atoms with Crippen molar-refractivity contribution < 1.29 is 19.7 Å². The number of hydrogen-bond donors (Lipinski definition) is 5. The molecule has 158 valence electrons. The van der Waals surface area contributed by atoms with E-state index in [4.69, 9.17) is 22.1 Å². The number of carbonyl (C=O) groups is 1. The lowest BCUT2D eigenvalue weighted by Crippen LogP contribution is -2.35. The first-order chi connectivity index (χ1) is 14.3. The van der Waals surface area contributed by atoms with Gasteiger partial charge >= 0.3 is 6.01 Å². The van der Waals surface area contributed by atoms with Crippen molar-refractivity contribution in [2.75, 3.05) is 11.9 Å². The topological polar surface area (TPSA) is 176 Å². The van der Waals surface area contributed by atoms with E-state index in [2.05, 4.69) is 25.3 Å². The number of amides is 1. The van der Waals surface area contributed by atoms with Gasteiger partial charge in [0.15, 0.2) is 17.2 Å². The van der Waals surface area contributed by atoms with Gasteiger partial charge in [-0.2, -0.15) is 9.97 Å². The number of ether oxygens (including phenoxy) is 1. The van der Waals surface area contributed by atoms with Crippen LogP contribution in [0.4, 0.5) is 5.82 Å². The molecule has 0 bridgehead atoms. The predicted octanol–water partition coefficient (Wildman–Crippen LogP) is 0.198. The first-order valence-electron chi connectivity index (χ1n) is 8.83. The second-order valence-electron chi connectivity index (χ2n) is 6.42. The number of rotatable bonds is 8. The molecular weight excluding hydrogens is 416 g/mol. The first kappa shape index (κ1) is 21.4. The molecule has 1 amide bonds. The lowest BCUT2D eigenvalue weighted by molar-refractivity contribution is 0.0994. The van der Waals surface area contributed by atoms with Gasteiger partial charge in [0.25, 0.3) is 11.5 Å². The molecule has 3 rings (SSSR count). The molecule has 3 aromatic rings. The summed E-state index contributed by atoms with van der Waals surface area (Å²) >= 11 is 5.96. The van der Waals surface area contributed by atoms with E-state index >= 15 is 0 Å². The van der Waals surface area contributed by atoms with Gasteiger partial charge < -0.3 is 31.0 Å². The summed E-state index contributed by atoms with van der Waals surface area (Å²) in [6.45, 7) is 1.13. The molecule has 0 radical (unpaired) electrons. The van der Waals surface area contributed by atoms with E-state index in [1.54, 1.807) is 24.3 Å². The highest BCUT2D eigenvalue weighted by molar-refractivity contribution is 6.30. The number of carbonyl (C=O) groups excluding carboxylic acids is 1. The summed E-state index contributed by atoms with van der Waals surface area (Å²) in [6, 6.07) is 6.06. The van der Waals surface area contributed by atoms with Crippen LogP contribution in [0, 0.1) is 0 Å². The second-order valence-corrected chi connectivity index (χ2v) is 6.86. The number of aromatic nitrogens is 4. The monoisotopic (exact) mass is 434 g/mol. The van der Waals surface area contributed by atoms with Crippen LogP contribution in [0.15, 0.2) is 29.1 Å². The number of aliphatic hydroxyl groups excluding tert-OH is 2. The molecule has 30 heavy (non-hydrogen) atoms. The van der Waals surface area contributed by atoms with Crippen LogP contribution in [-0.4, -0.2) is 54.8 Å². The number of nitrogens with zero attached hydrogens (tertiary/aromatic N) is 3. The van der Waals surface area contributed by atoms with E-state index in [0.29, 0.717) is 5.02 Å². The standard InChI is InChI=1S/C18H19ClN6O5/c1-8(27)11(6-26)21-15-13-16(23-17(29)12(22-13)14(20)28)25-18(24-15)30-7-9-3-2-4-10(19)5-9/h2-5,8,11,26-27H,6-7H2,1H3,(H2,20,28)(H2,21,23,24,25,29). The highest BCUT2D eigenvalue weighted by Gasteiger charge is 2.20. The Bertz CT molecular complexity index is 1140. The fraction of sp³-hybridized carbons (Fsp3) is 0.278. The van der Waals surface area contributed by atoms with Crippen LogP contribution < -0.4 is 21.3 Å². The van der Waals surface area contributed by atoms with Gasteiger partial charge in [0.05, 0.1) is 18.8 Å². The zero-order valence-corrected chi connectivity index (χ0v) is 16.6. The average molecular weight is 435 g/mol. The van der Waals surface area contributed by atoms with E-state index in [9.17, 15) is 19.8 Å². The fourth-order valence-electron chi connectivity index (χ4n) is 2.56. The molecule has 2 atom stereocenters. The van der Waals surface area contributed by atoms with Gasteiger partial charge in [0, 0.05) is 5.02 Å². The summed E-state index contributed by atoms with van der Waals surface area (Å²) in [5, 5.41) is 22.7. The third-order valence-electron chi connectivity index (χ3n) is 4.13. The van der Waals surface area contributed by atoms with Gasteiger partial charge in [-0.25, -0.2) is 4.98 Å². The summed E-state index contributed by atoms with van der Waals surface area (Å²) in [5.74, 6) is -1.00. The Balaban J connectivity index is 2.04. The summed E-state index contributed by atoms with van der Waals surface area (Å²) in [5.41, 5.74) is 4.58. The lowest BCUT2D eigenvalue weighted by Gasteiger charge is -2.20. The Morgan fingerprint density at radius 2 is 2.13 bits per heavy atom. The number of fused-ring (bicyclic) bond motifs is 1. The molecule has 0 aliphatic heterocycles. The molecule has 6 N–H and O–H groups in total. The number of H-pyrrole nitrogens is 1. The molecule has 0 saturated heterocycles. The highest BCUT2D eigenvalue weighted by atomic mass is 35.5. The molecule has 2 unspecified atom stereocenters. The SMILES string of the molecule is CC(O)C(CO)Nc1nc(OCc2cccc(Cl)c2)nc2[nH]c(=O)c(C(N)=O)nc12. The van der Waals surface area contributed by atoms with Crippen LogP contribution in [0.1, 0.15) is 23.0 Å². The summed E-state index contributed by atoms with van der Waals surface area (Å²) < 4.78 is 5.60.